The summed E-state index contributed by atoms with van der Waals surface area (Å²) in [5.74, 6) is 1.23. The molecule has 0 saturated carbocycles. The Bertz CT molecular complexity index is 2950. The molecule has 3 atom stereocenters. The summed E-state index contributed by atoms with van der Waals surface area (Å²) in [6.45, 7) is 0. The van der Waals surface area contributed by atoms with Crippen molar-refractivity contribution in [2.24, 2.45) is 0 Å². The second-order valence-corrected chi connectivity index (χ2v) is 16.0. The maximum Gasteiger partial charge on any atom is 0.231 e. The highest BCUT2D eigenvalue weighted by Gasteiger charge is 2.40. The molecule has 12 rings (SSSR count). The zero-order valence-electron chi connectivity index (χ0n) is 32.0. The molecule has 6 aromatic carbocycles. The number of rotatable bonds is 5. The number of benzene rings is 6. The van der Waals surface area contributed by atoms with Crippen LogP contribution in [0.4, 0.5) is 23.0 Å². The summed E-state index contributed by atoms with van der Waals surface area (Å²) in [5.41, 5.74) is 18.4. The predicted octanol–water partition coefficient (Wildman–Crippen LogP) is 13.3. The summed E-state index contributed by atoms with van der Waals surface area (Å²) in [4.78, 5) is 15.5. The van der Waals surface area contributed by atoms with Gasteiger partial charge in [0, 0.05) is 45.5 Å². The van der Waals surface area contributed by atoms with Crippen LogP contribution in [0.15, 0.2) is 188 Å². The molecule has 3 heterocycles. The number of hydrogen-bond acceptors (Lipinski definition) is 4. The van der Waals surface area contributed by atoms with Crippen molar-refractivity contribution in [1.82, 2.24) is 9.97 Å². The molecular formula is C54H40N4. The Morgan fingerprint density at radius 3 is 2.36 bits per heavy atom. The third kappa shape index (κ3) is 5.29. The van der Waals surface area contributed by atoms with Crippen LogP contribution in [0.5, 0.6) is 0 Å². The number of fused-ring (bicyclic) bond motifs is 8. The highest BCUT2D eigenvalue weighted by molar-refractivity contribution is 5.94. The predicted molar refractivity (Wildman–Crippen MR) is 240 cm³/mol. The van der Waals surface area contributed by atoms with Crippen molar-refractivity contribution in [3.63, 3.8) is 0 Å². The number of para-hydroxylation sites is 3. The number of anilines is 4. The van der Waals surface area contributed by atoms with E-state index in [0.29, 0.717) is 5.92 Å². The van der Waals surface area contributed by atoms with Gasteiger partial charge in [-0.1, -0.05) is 146 Å². The molecule has 2 aliphatic heterocycles. The fourth-order valence-electron chi connectivity index (χ4n) is 9.96. The van der Waals surface area contributed by atoms with Crippen LogP contribution >= 0.6 is 0 Å². The van der Waals surface area contributed by atoms with Gasteiger partial charge in [0.2, 0.25) is 5.95 Å². The minimum atomic E-state index is 0.0532. The van der Waals surface area contributed by atoms with E-state index in [4.69, 9.17) is 9.97 Å². The molecule has 58 heavy (non-hydrogen) atoms. The Kier molecular flexibility index (Phi) is 7.59. The number of nitrogens with zero attached hydrogens (tertiary/aromatic N) is 4. The van der Waals surface area contributed by atoms with Crippen molar-refractivity contribution in [2.75, 3.05) is 9.80 Å². The molecule has 3 unspecified atom stereocenters. The van der Waals surface area contributed by atoms with Crippen molar-refractivity contribution in [2.45, 2.75) is 37.1 Å². The van der Waals surface area contributed by atoms with Crippen LogP contribution in [0, 0.1) is 0 Å². The zero-order chi connectivity index (χ0) is 38.2. The molecule has 0 N–H and O–H groups in total. The molecule has 0 radical (unpaired) electrons. The lowest BCUT2D eigenvalue weighted by atomic mass is 9.85. The number of hydrogen-bond donors (Lipinski definition) is 0. The minimum absolute atomic E-state index is 0.0532. The molecule has 1 aromatic heterocycles. The van der Waals surface area contributed by atoms with Crippen molar-refractivity contribution >= 4 is 45.6 Å². The summed E-state index contributed by atoms with van der Waals surface area (Å²) >= 11 is 0. The molecule has 4 heteroatoms. The van der Waals surface area contributed by atoms with E-state index in [-0.39, 0.29) is 12.0 Å². The normalized spacial score (nSPS) is 19.6. The third-order valence-corrected chi connectivity index (χ3v) is 12.8. The molecule has 4 nitrogen and oxygen atoms in total. The molecule has 7 aromatic rings. The average Bonchev–Trinajstić information content (AvgIpc) is 3.81. The van der Waals surface area contributed by atoms with Gasteiger partial charge in [0.05, 0.1) is 17.3 Å². The van der Waals surface area contributed by atoms with Crippen LogP contribution in [-0.4, -0.2) is 16.0 Å². The SMILES string of the molecule is C1=CCC2C(=C1)N(c1ccccc1)c1ccc(C3=CC4c5ccccc5N(c5nc(-c6ccc(-c7ccc8c(c7)CCC=C8)cc6)c6ccccc6n5)C4C=C3)cc12. The number of aryl methyl sites for hydroxylation is 1. The first-order valence-electron chi connectivity index (χ1n) is 20.6. The highest BCUT2D eigenvalue weighted by atomic mass is 15.3. The van der Waals surface area contributed by atoms with Crippen LogP contribution in [0.2, 0.25) is 0 Å². The first-order chi connectivity index (χ1) is 28.7. The van der Waals surface area contributed by atoms with Gasteiger partial charge in [0.1, 0.15) is 0 Å². The maximum atomic E-state index is 5.43. The monoisotopic (exact) mass is 744 g/mol. The first kappa shape index (κ1) is 33.1. The van der Waals surface area contributed by atoms with E-state index in [1.165, 1.54) is 61.6 Å². The van der Waals surface area contributed by atoms with E-state index < -0.39 is 0 Å². The van der Waals surface area contributed by atoms with Crippen molar-refractivity contribution < 1.29 is 0 Å². The van der Waals surface area contributed by atoms with Crippen LogP contribution in [0.3, 0.4) is 0 Å². The first-order valence-corrected chi connectivity index (χ1v) is 20.6. The number of aromatic nitrogens is 2. The van der Waals surface area contributed by atoms with Crippen LogP contribution < -0.4 is 9.80 Å². The van der Waals surface area contributed by atoms with Gasteiger partial charge < -0.3 is 9.80 Å². The summed E-state index contributed by atoms with van der Waals surface area (Å²) in [6.07, 6.45) is 21.7. The summed E-state index contributed by atoms with van der Waals surface area (Å²) < 4.78 is 0. The molecule has 0 saturated heterocycles. The Hall–Kier alpha value is -7.04. The van der Waals surface area contributed by atoms with E-state index >= 15 is 0 Å². The fraction of sp³-hybridized carbons (Fsp3) is 0.111. The molecule has 0 amide bonds. The molecule has 3 aliphatic carbocycles. The minimum Gasteiger partial charge on any atom is -0.313 e. The Labute approximate surface area is 339 Å². The van der Waals surface area contributed by atoms with Crippen LogP contribution in [0.25, 0.3) is 44.9 Å². The zero-order valence-corrected chi connectivity index (χ0v) is 32.0. The standard InChI is InChI=1S/C54H40N4/c1-2-14-42(15-3-1)57-49-20-10-7-16-43(49)46-33-40(28-30-51(46)57)41-29-31-52-47(34-41)44-17-8-11-21-50(44)58(52)54-55-48-19-9-6-18-45(48)53(56-54)37-25-22-36(23-26-37)39-27-24-35-12-4-5-13-38(35)32-39/h1-4,6-12,14-15,17-34,43,47,52H,5,13,16H2. The van der Waals surface area contributed by atoms with Gasteiger partial charge in [0.25, 0.3) is 0 Å². The molecule has 5 aliphatic rings. The smallest absolute Gasteiger partial charge is 0.231 e. The van der Waals surface area contributed by atoms with Gasteiger partial charge in [-0.3, -0.25) is 0 Å². The van der Waals surface area contributed by atoms with Gasteiger partial charge >= 0.3 is 0 Å². The average molecular weight is 745 g/mol. The Morgan fingerprint density at radius 2 is 1.43 bits per heavy atom. The Balaban J connectivity index is 0.904. The molecule has 276 valence electrons. The second-order valence-electron chi connectivity index (χ2n) is 16.0. The van der Waals surface area contributed by atoms with E-state index in [1.54, 1.807) is 0 Å². The van der Waals surface area contributed by atoms with Gasteiger partial charge in [-0.05, 0) is 106 Å². The largest absolute Gasteiger partial charge is 0.313 e. The van der Waals surface area contributed by atoms with E-state index in [2.05, 4.69) is 198 Å². The van der Waals surface area contributed by atoms with Gasteiger partial charge in [-0.2, -0.15) is 0 Å². The summed E-state index contributed by atoms with van der Waals surface area (Å²) in [5, 5.41) is 1.05. The fourth-order valence-corrected chi connectivity index (χ4v) is 9.96. The van der Waals surface area contributed by atoms with Gasteiger partial charge in [-0.15, -0.1) is 0 Å². The van der Waals surface area contributed by atoms with E-state index in [1.807, 2.05) is 0 Å². The lowest BCUT2D eigenvalue weighted by molar-refractivity contribution is 0.733. The van der Waals surface area contributed by atoms with Crippen LogP contribution in [0.1, 0.15) is 52.5 Å². The topological polar surface area (TPSA) is 32.3 Å². The van der Waals surface area contributed by atoms with Gasteiger partial charge in [-0.25, -0.2) is 9.97 Å². The second kappa shape index (κ2) is 13.3. The number of allylic oxidation sites excluding steroid dienone is 7. The molecule has 0 bridgehead atoms. The maximum absolute atomic E-state index is 5.43. The van der Waals surface area contributed by atoms with E-state index in [0.717, 1.165) is 53.1 Å². The van der Waals surface area contributed by atoms with Gasteiger partial charge in [0.15, 0.2) is 0 Å². The van der Waals surface area contributed by atoms with Crippen molar-refractivity contribution in [1.29, 1.82) is 0 Å². The van der Waals surface area contributed by atoms with Crippen LogP contribution in [-0.2, 0) is 6.42 Å². The molecule has 0 spiro atoms. The quantitative estimate of drug-likeness (QED) is 0.176. The third-order valence-electron chi connectivity index (χ3n) is 12.8. The lowest BCUT2D eigenvalue weighted by Crippen LogP contribution is -2.30. The van der Waals surface area contributed by atoms with Crippen molar-refractivity contribution in [3.05, 3.63) is 216 Å². The molecule has 0 fully saturated rings. The highest BCUT2D eigenvalue weighted by Crippen LogP contribution is 2.53. The summed E-state index contributed by atoms with van der Waals surface area (Å²) in [7, 11) is 0. The van der Waals surface area contributed by atoms with Crippen molar-refractivity contribution in [3.8, 4) is 22.4 Å². The lowest BCUT2D eigenvalue weighted by Gasteiger charge is -2.28. The van der Waals surface area contributed by atoms with E-state index in [9.17, 15) is 0 Å². The Morgan fingerprint density at radius 1 is 0.621 bits per heavy atom. The summed E-state index contributed by atoms with van der Waals surface area (Å²) in [6, 6.07) is 50.9. The molecular weight excluding hydrogens is 705 g/mol.